The Balaban J connectivity index is 2.87. The molecule has 0 saturated heterocycles. The lowest BCUT2D eigenvalue weighted by Gasteiger charge is -2.19. The van der Waals surface area contributed by atoms with Gasteiger partial charge in [0.25, 0.3) is 5.91 Å². The number of carbonyl (C=O) groups is 1. The zero-order valence-corrected chi connectivity index (χ0v) is 11.6. The van der Waals surface area contributed by atoms with Gasteiger partial charge < -0.3 is 10.4 Å². The number of rotatable bonds is 4. The maximum absolute atomic E-state index is 12.0. The van der Waals surface area contributed by atoms with Crippen LogP contribution in [0.25, 0.3) is 0 Å². The molecule has 1 atom stereocenters. The molecule has 1 unspecified atom stereocenters. The summed E-state index contributed by atoms with van der Waals surface area (Å²) >= 11 is 1.34. The molecule has 5 heteroatoms. The predicted octanol–water partition coefficient (Wildman–Crippen LogP) is 1.94. The van der Waals surface area contributed by atoms with Crippen LogP contribution in [0.5, 0.6) is 0 Å². The average Bonchev–Trinajstić information content (AvgIpc) is 2.73. The molecule has 4 nitrogen and oxygen atoms in total. The summed E-state index contributed by atoms with van der Waals surface area (Å²) in [5.74, 6) is -0.140. The molecule has 0 aliphatic rings. The molecule has 0 aliphatic heterocycles. The van der Waals surface area contributed by atoms with E-state index in [1.165, 1.54) is 11.3 Å². The fraction of sp³-hybridized carbons (Fsp3) is 0.667. The van der Waals surface area contributed by atoms with E-state index in [2.05, 4.69) is 10.3 Å². The number of carbonyl (C=O) groups excluding carboxylic acids is 1. The lowest BCUT2D eigenvalue weighted by atomic mass is 9.91. The third kappa shape index (κ3) is 3.51. The van der Waals surface area contributed by atoms with E-state index in [1.54, 1.807) is 5.51 Å². The molecular weight excluding hydrogens is 236 g/mol. The van der Waals surface area contributed by atoms with Gasteiger partial charge >= 0.3 is 0 Å². The third-order valence-corrected chi connectivity index (χ3v) is 3.36. The average molecular weight is 256 g/mol. The second-order valence-corrected chi connectivity index (χ2v) is 5.90. The van der Waals surface area contributed by atoms with E-state index in [4.69, 9.17) is 5.11 Å². The fourth-order valence-corrected chi connectivity index (χ4v) is 2.37. The Hall–Kier alpha value is -0.940. The number of aliphatic hydroxyl groups is 1. The van der Waals surface area contributed by atoms with Gasteiger partial charge in [0.2, 0.25) is 0 Å². The molecular formula is C12H20N2O2S. The molecule has 0 radical (unpaired) electrons. The number of hydrogen-bond acceptors (Lipinski definition) is 4. The minimum absolute atomic E-state index is 0.0358. The van der Waals surface area contributed by atoms with Crippen molar-refractivity contribution in [3.05, 3.63) is 16.1 Å². The van der Waals surface area contributed by atoms with Crippen molar-refractivity contribution in [3.8, 4) is 0 Å². The molecule has 96 valence electrons. The lowest BCUT2D eigenvalue weighted by molar-refractivity contribution is 0.0916. The molecule has 1 rings (SSSR count). The van der Waals surface area contributed by atoms with Crippen LogP contribution in [0.4, 0.5) is 0 Å². The maximum Gasteiger partial charge on any atom is 0.263 e. The highest BCUT2D eigenvalue weighted by Crippen LogP contribution is 2.27. The molecule has 0 aliphatic carbocycles. The number of nitrogens with one attached hydrogen (secondary N) is 1. The van der Waals surface area contributed by atoms with Gasteiger partial charge in [-0.05, 0) is 6.42 Å². The Morgan fingerprint density at radius 1 is 1.59 bits per heavy atom. The summed E-state index contributed by atoms with van der Waals surface area (Å²) in [5.41, 5.74) is 2.36. The molecule has 1 heterocycles. The van der Waals surface area contributed by atoms with E-state index in [1.807, 2.05) is 27.7 Å². The van der Waals surface area contributed by atoms with Crippen molar-refractivity contribution >= 4 is 17.2 Å². The van der Waals surface area contributed by atoms with Crippen LogP contribution in [0.3, 0.4) is 0 Å². The molecule has 0 saturated carbocycles. The monoisotopic (exact) mass is 256 g/mol. The van der Waals surface area contributed by atoms with Crippen LogP contribution in [0.1, 0.15) is 49.5 Å². The molecule has 0 fully saturated rings. The van der Waals surface area contributed by atoms with Crippen molar-refractivity contribution < 1.29 is 9.90 Å². The number of nitrogens with zero attached hydrogens (tertiary/aromatic N) is 1. The quantitative estimate of drug-likeness (QED) is 0.865. The Kier molecular flexibility index (Phi) is 4.65. The molecule has 0 spiro atoms. The van der Waals surface area contributed by atoms with Gasteiger partial charge in [0.1, 0.15) is 4.88 Å². The first kappa shape index (κ1) is 14.1. The third-order valence-electron chi connectivity index (χ3n) is 2.53. The molecule has 17 heavy (non-hydrogen) atoms. The Bertz CT molecular complexity index is 378. The molecule has 2 N–H and O–H groups in total. The molecule has 1 aromatic rings. The summed E-state index contributed by atoms with van der Waals surface area (Å²) in [6, 6.07) is -0.183. The first-order valence-corrected chi connectivity index (χ1v) is 6.63. The van der Waals surface area contributed by atoms with Crippen molar-refractivity contribution in [2.24, 2.45) is 0 Å². The smallest absolute Gasteiger partial charge is 0.263 e. The van der Waals surface area contributed by atoms with Gasteiger partial charge in [0.15, 0.2) is 0 Å². The zero-order chi connectivity index (χ0) is 13.1. The maximum atomic E-state index is 12.0. The van der Waals surface area contributed by atoms with E-state index in [0.717, 1.165) is 5.69 Å². The van der Waals surface area contributed by atoms with Crippen molar-refractivity contribution in [3.63, 3.8) is 0 Å². The van der Waals surface area contributed by atoms with Crippen molar-refractivity contribution in [1.82, 2.24) is 10.3 Å². The van der Waals surface area contributed by atoms with E-state index in [0.29, 0.717) is 11.3 Å². The van der Waals surface area contributed by atoms with Crippen LogP contribution in [0.15, 0.2) is 5.51 Å². The van der Waals surface area contributed by atoms with Crippen LogP contribution in [-0.2, 0) is 5.41 Å². The predicted molar refractivity (Wildman–Crippen MR) is 69.4 cm³/mol. The molecule has 0 bridgehead atoms. The van der Waals surface area contributed by atoms with Crippen LogP contribution in [-0.4, -0.2) is 28.6 Å². The Labute approximate surface area is 106 Å². The van der Waals surface area contributed by atoms with E-state index < -0.39 is 0 Å². The second-order valence-electron chi connectivity index (χ2n) is 5.04. The zero-order valence-electron chi connectivity index (χ0n) is 10.8. The summed E-state index contributed by atoms with van der Waals surface area (Å²) in [4.78, 5) is 17.0. The van der Waals surface area contributed by atoms with Gasteiger partial charge in [-0.15, -0.1) is 11.3 Å². The van der Waals surface area contributed by atoms with Crippen LogP contribution >= 0.6 is 11.3 Å². The number of aliphatic hydroxyl groups excluding tert-OH is 1. The van der Waals surface area contributed by atoms with Crippen LogP contribution in [0.2, 0.25) is 0 Å². The van der Waals surface area contributed by atoms with Gasteiger partial charge in [-0.1, -0.05) is 27.7 Å². The SMILES string of the molecule is CCC(CO)NC(=O)c1scnc1C(C)(C)C. The van der Waals surface area contributed by atoms with Gasteiger partial charge in [-0.25, -0.2) is 4.98 Å². The van der Waals surface area contributed by atoms with Gasteiger partial charge in [-0.2, -0.15) is 0 Å². The Morgan fingerprint density at radius 3 is 2.71 bits per heavy atom. The summed E-state index contributed by atoms with van der Waals surface area (Å²) in [6.07, 6.45) is 0.714. The fourth-order valence-electron chi connectivity index (χ4n) is 1.47. The van der Waals surface area contributed by atoms with Crippen molar-refractivity contribution in [2.45, 2.75) is 45.6 Å². The minimum Gasteiger partial charge on any atom is -0.394 e. The number of amides is 1. The summed E-state index contributed by atoms with van der Waals surface area (Å²) < 4.78 is 0. The summed E-state index contributed by atoms with van der Waals surface area (Å²) in [7, 11) is 0. The lowest BCUT2D eigenvalue weighted by Crippen LogP contribution is -2.37. The van der Waals surface area contributed by atoms with Gasteiger partial charge in [-0.3, -0.25) is 4.79 Å². The van der Waals surface area contributed by atoms with E-state index >= 15 is 0 Å². The normalized spacial score (nSPS) is 13.5. The highest BCUT2D eigenvalue weighted by molar-refractivity contribution is 7.11. The number of thiazole rings is 1. The first-order valence-electron chi connectivity index (χ1n) is 5.75. The van der Waals surface area contributed by atoms with Gasteiger partial charge in [0.05, 0.1) is 23.9 Å². The highest BCUT2D eigenvalue weighted by Gasteiger charge is 2.25. The minimum atomic E-state index is -0.183. The standard InChI is InChI=1S/C12H20N2O2S/c1-5-8(6-15)14-11(16)9-10(12(2,3)4)13-7-17-9/h7-8,15H,5-6H2,1-4H3,(H,14,16). The summed E-state index contributed by atoms with van der Waals surface area (Å²) in [5, 5.41) is 11.9. The first-order chi connectivity index (χ1) is 7.90. The second kappa shape index (κ2) is 5.60. The van der Waals surface area contributed by atoms with Crippen LogP contribution in [0, 0.1) is 0 Å². The van der Waals surface area contributed by atoms with E-state index in [-0.39, 0.29) is 24.0 Å². The van der Waals surface area contributed by atoms with E-state index in [9.17, 15) is 4.79 Å². The number of hydrogen-bond donors (Lipinski definition) is 2. The highest BCUT2D eigenvalue weighted by atomic mass is 32.1. The van der Waals surface area contributed by atoms with Gasteiger partial charge in [0, 0.05) is 5.41 Å². The van der Waals surface area contributed by atoms with Crippen LogP contribution < -0.4 is 5.32 Å². The molecule has 0 aromatic carbocycles. The molecule has 1 amide bonds. The topological polar surface area (TPSA) is 62.2 Å². The number of aromatic nitrogens is 1. The molecule has 1 aromatic heterocycles. The van der Waals surface area contributed by atoms with Crippen molar-refractivity contribution in [1.29, 1.82) is 0 Å². The largest absolute Gasteiger partial charge is 0.394 e. The Morgan fingerprint density at radius 2 is 2.24 bits per heavy atom. The summed E-state index contributed by atoms with van der Waals surface area (Å²) in [6.45, 7) is 7.98. The van der Waals surface area contributed by atoms with Crippen molar-refractivity contribution in [2.75, 3.05) is 6.61 Å².